The van der Waals surface area contributed by atoms with Crippen molar-refractivity contribution < 1.29 is 59.9 Å². The largest absolute Gasteiger partial charge is 0.394 e. The number of aliphatic hydroxyl groups excluding tert-OH is 8. The van der Waals surface area contributed by atoms with Crippen LogP contribution in [0.3, 0.4) is 0 Å². The van der Waals surface area contributed by atoms with Crippen LogP contribution in [-0.2, 0) is 25.5 Å². The van der Waals surface area contributed by atoms with Crippen molar-refractivity contribution >= 4 is 5.91 Å². The summed E-state index contributed by atoms with van der Waals surface area (Å²) in [5.41, 5.74) is 1.42. The molecule has 0 spiro atoms. The predicted octanol–water partition coefficient (Wildman–Crippen LogP) is 1.85. The lowest BCUT2D eigenvalue weighted by atomic mass is 9.33. The number of hydrogen-bond acceptors (Lipinski definition) is 14. The molecule has 16 nitrogen and oxygen atoms in total. The van der Waals surface area contributed by atoms with Crippen LogP contribution in [0.25, 0.3) is 0 Å². The van der Waals surface area contributed by atoms with Crippen molar-refractivity contribution in [3.8, 4) is 0 Å². The van der Waals surface area contributed by atoms with E-state index < -0.39 is 80.0 Å². The van der Waals surface area contributed by atoms with Gasteiger partial charge in [-0.15, -0.1) is 5.10 Å². The minimum atomic E-state index is -1.77. The molecule has 0 radical (unpaired) electrons. The van der Waals surface area contributed by atoms with Gasteiger partial charge in [0.15, 0.2) is 12.5 Å². The molecule has 1 amide bonds. The van der Waals surface area contributed by atoms with Crippen molar-refractivity contribution in [2.24, 2.45) is 50.2 Å². The van der Waals surface area contributed by atoms with Gasteiger partial charge in [-0.1, -0.05) is 65.3 Å². The first kappa shape index (κ1) is 45.5. The zero-order chi connectivity index (χ0) is 44.2. The van der Waals surface area contributed by atoms with Crippen molar-refractivity contribution in [3.05, 3.63) is 23.5 Å². The maximum Gasteiger partial charge on any atom is 0.227 e. The Hall–Kier alpha value is -2.09. The molecule has 3 heterocycles. The van der Waals surface area contributed by atoms with Crippen LogP contribution in [0.1, 0.15) is 125 Å². The Morgan fingerprint density at radius 3 is 2.23 bits per heavy atom. The summed E-state index contributed by atoms with van der Waals surface area (Å²) < 4.78 is 18.3. The quantitative estimate of drug-likeness (QED) is 0.170. The van der Waals surface area contributed by atoms with E-state index in [2.05, 4.69) is 70.2 Å². The zero-order valence-corrected chi connectivity index (χ0v) is 37.0. The number of hydrogen-bond donors (Lipinski definition) is 9. The molecule has 1 aromatic rings. The Morgan fingerprint density at radius 1 is 0.820 bits per heavy atom. The number of aromatic nitrogens is 3. The maximum absolute atomic E-state index is 14.8. The highest BCUT2D eigenvalue weighted by molar-refractivity contribution is 5.84. The van der Waals surface area contributed by atoms with E-state index in [1.807, 2.05) is 0 Å². The van der Waals surface area contributed by atoms with Gasteiger partial charge in [0.2, 0.25) is 5.91 Å². The summed E-state index contributed by atoms with van der Waals surface area (Å²) in [6.07, 6.45) is -2.13. The van der Waals surface area contributed by atoms with Crippen molar-refractivity contribution in [2.75, 3.05) is 13.2 Å². The second-order valence-corrected chi connectivity index (χ2v) is 22.1. The number of carbonyl (C=O) groups is 1. The molecule has 2 aliphatic heterocycles. The Bertz CT molecular complexity index is 1820. The normalized spacial score (nSPS) is 49.1. The molecule has 7 aliphatic rings. The monoisotopic (exact) mass is 861 g/mol. The fourth-order valence-corrected chi connectivity index (χ4v) is 14.3. The van der Waals surface area contributed by atoms with Gasteiger partial charge in [-0.2, -0.15) is 0 Å². The van der Waals surface area contributed by atoms with Gasteiger partial charge in [0.05, 0.1) is 37.5 Å². The van der Waals surface area contributed by atoms with Crippen LogP contribution >= 0.6 is 0 Å². The molecule has 6 fully saturated rings. The van der Waals surface area contributed by atoms with Gasteiger partial charge in [0.25, 0.3) is 0 Å². The van der Waals surface area contributed by atoms with Gasteiger partial charge in [0.1, 0.15) is 54.5 Å². The molecule has 0 aromatic carbocycles. The molecule has 18 atom stereocenters. The summed E-state index contributed by atoms with van der Waals surface area (Å²) >= 11 is 0. The lowest BCUT2D eigenvalue weighted by Gasteiger charge is -2.71. The molecule has 16 heteroatoms. The van der Waals surface area contributed by atoms with Gasteiger partial charge in [-0.25, -0.2) is 4.68 Å². The highest BCUT2D eigenvalue weighted by Gasteiger charge is 2.69. The highest BCUT2D eigenvalue weighted by atomic mass is 16.7. The SMILES string of the molecule is CC1(C)CC[C@]2(C(=O)NCc3cn([C@@H]4O[C@H](CO)[C@@H](O[C@@H]5O[C@H](CO)[C@H](O)[C@H](O)[C@H]5O)[C@H](O)[C@H]4O)nn3)CC[C@]3(C)C(=CC[C@@H]4[C@@]5(C)CC[C@H](O)C(C)(C)[C@@H]5CC[C@]43C)[C@@H]2C1. The van der Waals surface area contributed by atoms with Crippen molar-refractivity contribution in [3.63, 3.8) is 0 Å². The number of allylic oxidation sites excluding steroid dienone is 2. The van der Waals surface area contributed by atoms with Crippen LogP contribution < -0.4 is 5.32 Å². The average molecular weight is 861 g/mol. The molecule has 0 bridgehead atoms. The van der Waals surface area contributed by atoms with Gasteiger partial charge in [-0.3, -0.25) is 4.79 Å². The van der Waals surface area contributed by atoms with Crippen LogP contribution in [0, 0.1) is 50.2 Å². The fourth-order valence-electron chi connectivity index (χ4n) is 14.3. The van der Waals surface area contributed by atoms with Crippen molar-refractivity contribution in [2.45, 2.75) is 187 Å². The summed E-state index contributed by atoms with van der Waals surface area (Å²) in [5.74, 6) is 1.07. The number of carbonyl (C=O) groups excluding carboxylic acids is 1. The minimum Gasteiger partial charge on any atom is -0.394 e. The third kappa shape index (κ3) is 6.99. The Morgan fingerprint density at radius 2 is 1.52 bits per heavy atom. The number of nitrogens with zero attached hydrogens (tertiary/aromatic N) is 3. The predicted molar refractivity (Wildman–Crippen MR) is 219 cm³/mol. The smallest absolute Gasteiger partial charge is 0.227 e. The minimum absolute atomic E-state index is 0.00867. The number of aliphatic hydroxyl groups is 8. The number of rotatable bonds is 8. The maximum atomic E-state index is 14.8. The zero-order valence-electron chi connectivity index (χ0n) is 37.0. The topological polar surface area (TPSA) is 249 Å². The summed E-state index contributed by atoms with van der Waals surface area (Å²) in [5, 5.41) is 95.8. The summed E-state index contributed by atoms with van der Waals surface area (Å²) in [4.78, 5) is 14.8. The number of fused-ring (bicyclic) bond motifs is 7. The van der Waals surface area contributed by atoms with Crippen molar-refractivity contribution in [1.82, 2.24) is 20.3 Å². The molecule has 61 heavy (non-hydrogen) atoms. The van der Waals surface area contributed by atoms with E-state index in [9.17, 15) is 45.6 Å². The Balaban J connectivity index is 0.976. The van der Waals surface area contributed by atoms with Gasteiger partial charge < -0.3 is 60.4 Å². The van der Waals surface area contributed by atoms with E-state index >= 15 is 0 Å². The Kier molecular flexibility index (Phi) is 11.8. The lowest BCUT2D eigenvalue weighted by Crippen LogP contribution is -2.65. The van der Waals surface area contributed by atoms with Crippen LogP contribution in [0.2, 0.25) is 0 Å². The molecule has 8 rings (SSSR count). The van der Waals surface area contributed by atoms with Crippen LogP contribution in [0.4, 0.5) is 0 Å². The summed E-state index contributed by atoms with van der Waals surface area (Å²) in [7, 11) is 0. The molecule has 5 aliphatic carbocycles. The molecule has 344 valence electrons. The molecule has 9 N–H and O–H groups in total. The van der Waals surface area contributed by atoms with Crippen LogP contribution in [0.15, 0.2) is 17.8 Å². The second kappa shape index (κ2) is 15.8. The first-order chi connectivity index (χ1) is 28.6. The van der Waals surface area contributed by atoms with Gasteiger partial charge >= 0.3 is 0 Å². The lowest BCUT2D eigenvalue weighted by molar-refractivity contribution is -0.347. The summed E-state index contributed by atoms with van der Waals surface area (Å²) in [6.45, 7) is 15.5. The van der Waals surface area contributed by atoms with Gasteiger partial charge in [-0.05, 0) is 109 Å². The third-order valence-corrected chi connectivity index (χ3v) is 18.3. The van der Waals surface area contributed by atoms with E-state index in [0.717, 1.165) is 64.2 Å². The standard InChI is InChI=1S/C45H72N4O12/c1-40(2)14-16-45(17-15-43(6)24(25(45)18-40)8-9-29-42(5)12-11-30(52)41(3,4)28(42)10-13-44(29,43)7)39(58)46-19-23-20-49(48-47-23)37-34(56)33(55)36(27(22-51)59-37)61-38-35(57)32(54)31(53)26(21-50)60-38/h8,20,25-38,50-57H,9-19,21-22H2,1-7H3,(H,46,58)/t25-,26+,27+,28-,29+,30-,31-,32-,33+,34+,35+,36+,37+,38-,42-,43+,44+,45-/m0/s1. The molecule has 4 saturated carbocycles. The number of ether oxygens (including phenoxy) is 3. The van der Waals surface area contributed by atoms with Crippen LogP contribution in [0.5, 0.6) is 0 Å². The first-order valence-corrected chi connectivity index (χ1v) is 22.7. The van der Waals surface area contributed by atoms with E-state index in [1.54, 1.807) is 0 Å². The number of nitrogens with one attached hydrogen (secondary N) is 1. The third-order valence-electron chi connectivity index (χ3n) is 18.3. The van der Waals surface area contributed by atoms with E-state index in [-0.39, 0.29) is 51.5 Å². The fraction of sp³-hybridized carbons (Fsp3) is 0.889. The molecule has 1 aromatic heterocycles. The second-order valence-electron chi connectivity index (χ2n) is 22.1. The first-order valence-electron chi connectivity index (χ1n) is 22.7. The average Bonchev–Trinajstić information content (AvgIpc) is 3.69. The molecule has 2 saturated heterocycles. The summed E-state index contributed by atoms with van der Waals surface area (Å²) in [6, 6.07) is 0. The van der Waals surface area contributed by atoms with E-state index in [4.69, 9.17) is 14.2 Å². The highest BCUT2D eigenvalue weighted by Crippen LogP contribution is 2.75. The molecule has 0 unspecified atom stereocenters. The Labute approximate surface area is 359 Å². The van der Waals surface area contributed by atoms with Gasteiger partial charge in [0, 0.05) is 0 Å². The van der Waals surface area contributed by atoms with Crippen LogP contribution in [-0.4, -0.2) is 136 Å². The number of amides is 1. The van der Waals surface area contributed by atoms with E-state index in [0.29, 0.717) is 17.5 Å². The molecular weight excluding hydrogens is 789 g/mol. The van der Waals surface area contributed by atoms with E-state index in [1.165, 1.54) is 16.5 Å². The molecular formula is C45H72N4O12. The van der Waals surface area contributed by atoms with Crippen molar-refractivity contribution in [1.29, 1.82) is 0 Å².